The topological polar surface area (TPSA) is 12.0 Å². The van der Waals surface area contributed by atoms with Gasteiger partial charge in [0.25, 0.3) is 0 Å². The Labute approximate surface area is 140 Å². The summed E-state index contributed by atoms with van der Waals surface area (Å²) in [4.78, 5) is 1.10. The minimum absolute atomic E-state index is 0.192. The number of rotatable bonds is 6. The van der Waals surface area contributed by atoms with Crippen LogP contribution >= 0.6 is 38.9 Å². The summed E-state index contributed by atoms with van der Waals surface area (Å²) in [5.41, 5.74) is 0.311. The first kappa shape index (κ1) is 16.9. The average molecular weight is 395 g/mol. The van der Waals surface area contributed by atoms with E-state index in [1.807, 2.05) is 18.4 Å². The zero-order valence-electron chi connectivity index (χ0n) is 11.4. The molecule has 0 bridgehead atoms. The van der Waals surface area contributed by atoms with Crippen molar-refractivity contribution in [3.8, 4) is 0 Å². The first-order valence-corrected chi connectivity index (χ1v) is 8.67. The standard InChI is InChI=1S/C15H15BrClF2NS/c1-2-4-20-14(8-15-10(16)3-5-21-15)9-6-13(19)11(17)7-12(9)18/h3,5-7,14,20H,2,4,8H2,1H3. The van der Waals surface area contributed by atoms with Gasteiger partial charge in [-0.2, -0.15) is 0 Å². The van der Waals surface area contributed by atoms with Crippen LogP contribution in [0.25, 0.3) is 0 Å². The molecule has 1 nitrogen and oxygen atoms in total. The van der Waals surface area contributed by atoms with E-state index in [9.17, 15) is 8.78 Å². The van der Waals surface area contributed by atoms with Crippen LogP contribution in [-0.4, -0.2) is 6.54 Å². The molecular weight excluding hydrogens is 380 g/mol. The number of thiophene rings is 1. The number of hydrogen-bond donors (Lipinski definition) is 1. The van der Waals surface area contributed by atoms with Crippen LogP contribution in [0.4, 0.5) is 8.78 Å². The third-order valence-corrected chi connectivity index (χ3v) is 5.37. The monoisotopic (exact) mass is 393 g/mol. The molecule has 0 amide bonds. The van der Waals surface area contributed by atoms with Gasteiger partial charge < -0.3 is 5.32 Å². The van der Waals surface area contributed by atoms with Gasteiger partial charge in [0.2, 0.25) is 0 Å². The van der Waals surface area contributed by atoms with Crippen molar-refractivity contribution in [2.45, 2.75) is 25.8 Å². The maximum Gasteiger partial charge on any atom is 0.142 e. The largest absolute Gasteiger partial charge is 0.310 e. The van der Waals surface area contributed by atoms with Gasteiger partial charge in [0, 0.05) is 27.4 Å². The van der Waals surface area contributed by atoms with E-state index < -0.39 is 11.6 Å². The molecule has 0 saturated heterocycles. The van der Waals surface area contributed by atoms with E-state index in [0.29, 0.717) is 12.0 Å². The highest BCUT2D eigenvalue weighted by Crippen LogP contribution is 2.31. The lowest BCUT2D eigenvalue weighted by atomic mass is 10.0. The lowest BCUT2D eigenvalue weighted by Gasteiger charge is -2.20. The molecule has 0 aliphatic heterocycles. The van der Waals surface area contributed by atoms with Crippen molar-refractivity contribution in [2.75, 3.05) is 6.54 Å². The van der Waals surface area contributed by atoms with Crippen LogP contribution in [0.1, 0.15) is 29.8 Å². The van der Waals surface area contributed by atoms with E-state index in [0.717, 1.165) is 28.4 Å². The molecule has 0 aliphatic carbocycles. The second-order valence-electron chi connectivity index (χ2n) is 4.69. The molecule has 1 N–H and O–H groups in total. The van der Waals surface area contributed by atoms with Gasteiger partial charge in [-0.1, -0.05) is 18.5 Å². The van der Waals surface area contributed by atoms with Crippen LogP contribution in [0, 0.1) is 11.6 Å². The van der Waals surface area contributed by atoms with Crippen molar-refractivity contribution in [2.24, 2.45) is 0 Å². The van der Waals surface area contributed by atoms with Crippen molar-refractivity contribution in [1.82, 2.24) is 5.32 Å². The normalized spacial score (nSPS) is 12.6. The Morgan fingerprint density at radius 2 is 2.10 bits per heavy atom. The lowest BCUT2D eigenvalue weighted by Crippen LogP contribution is -2.25. The molecule has 1 aromatic heterocycles. The Balaban J connectivity index is 2.31. The molecule has 0 radical (unpaired) electrons. The van der Waals surface area contributed by atoms with Crippen molar-refractivity contribution < 1.29 is 8.78 Å². The number of benzene rings is 1. The Morgan fingerprint density at radius 3 is 2.71 bits per heavy atom. The van der Waals surface area contributed by atoms with E-state index >= 15 is 0 Å². The van der Waals surface area contributed by atoms with Gasteiger partial charge in [-0.25, -0.2) is 8.78 Å². The molecule has 114 valence electrons. The van der Waals surface area contributed by atoms with E-state index in [2.05, 4.69) is 21.2 Å². The summed E-state index contributed by atoms with van der Waals surface area (Å²) in [6, 6.07) is 3.89. The van der Waals surface area contributed by atoms with E-state index in [1.54, 1.807) is 11.3 Å². The maximum atomic E-state index is 14.1. The molecule has 0 fully saturated rings. The molecule has 21 heavy (non-hydrogen) atoms. The van der Waals surface area contributed by atoms with Gasteiger partial charge in [-0.15, -0.1) is 11.3 Å². The van der Waals surface area contributed by atoms with Crippen molar-refractivity contribution >= 4 is 38.9 Å². The predicted octanol–water partition coefficient (Wildman–Crippen LogP) is 5.73. The van der Waals surface area contributed by atoms with Crippen LogP contribution in [0.2, 0.25) is 5.02 Å². The number of hydrogen-bond acceptors (Lipinski definition) is 2. The maximum absolute atomic E-state index is 14.1. The third-order valence-electron chi connectivity index (χ3n) is 3.14. The third kappa shape index (κ3) is 4.25. The van der Waals surface area contributed by atoms with Crippen molar-refractivity contribution in [3.05, 3.63) is 55.1 Å². The second-order valence-corrected chi connectivity index (χ2v) is 6.95. The SMILES string of the molecule is CCCNC(Cc1sccc1Br)c1cc(F)c(Cl)cc1F. The minimum atomic E-state index is -0.596. The van der Waals surface area contributed by atoms with Crippen LogP contribution in [-0.2, 0) is 6.42 Å². The molecule has 1 aromatic carbocycles. The fraction of sp³-hybridized carbons (Fsp3) is 0.333. The molecule has 0 aliphatic rings. The minimum Gasteiger partial charge on any atom is -0.310 e. The molecule has 1 unspecified atom stereocenters. The molecular formula is C15H15BrClF2NS. The van der Waals surface area contributed by atoms with Crippen LogP contribution < -0.4 is 5.32 Å². The zero-order chi connectivity index (χ0) is 15.4. The van der Waals surface area contributed by atoms with Gasteiger partial charge in [0.1, 0.15) is 11.6 Å². The number of halogens is 4. The smallest absolute Gasteiger partial charge is 0.142 e. The highest BCUT2D eigenvalue weighted by atomic mass is 79.9. The van der Waals surface area contributed by atoms with Crippen molar-refractivity contribution in [3.63, 3.8) is 0 Å². The van der Waals surface area contributed by atoms with Gasteiger partial charge in [0.05, 0.1) is 5.02 Å². The van der Waals surface area contributed by atoms with E-state index in [4.69, 9.17) is 11.6 Å². The molecule has 1 atom stereocenters. The summed E-state index contributed by atoms with van der Waals surface area (Å²) in [6.45, 7) is 2.77. The molecule has 0 saturated carbocycles. The Hall–Kier alpha value is -0.490. The highest BCUT2D eigenvalue weighted by Gasteiger charge is 2.20. The van der Waals surface area contributed by atoms with Gasteiger partial charge in [-0.3, -0.25) is 0 Å². The molecule has 2 rings (SSSR count). The highest BCUT2D eigenvalue weighted by molar-refractivity contribution is 9.10. The van der Waals surface area contributed by atoms with Crippen molar-refractivity contribution in [1.29, 1.82) is 0 Å². The summed E-state index contributed by atoms with van der Waals surface area (Å²) in [7, 11) is 0. The fourth-order valence-electron chi connectivity index (χ4n) is 2.07. The average Bonchev–Trinajstić information content (AvgIpc) is 2.84. The van der Waals surface area contributed by atoms with Gasteiger partial charge in [0.15, 0.2) is 0 Å². The summed E-state index contributed by atoms with van der Waals surface area (Å²) in [5, 5.41) is 5.05. The Bertz CT molecular complexity index is 618. The Kier molecular flexibility index (Phi) is 6.17. The van der Waals surface area contributed by atoms with Gasteiger partial charge in [-0.05, 0) is 52.5 Å². The number of nitrogens with one attached hydrogen (secondary N) is 1. The van der Waals surface area contributed by atoms with Crippen LogP contribution in [0.3, 0.4) is 0 Å². The second kappa shape index (κ2) is 7.68. The predicted molar refractivity (Wildman–Crippen MR) is 88.1 cm³/mol. The summed E-state index contributed by atoms with van der Waals surface area (Å²) in [5.74, 6) is -1.08. The molecule has 1 heterocycles. The van der Waals surface area contributed by atoms with Crippen LogP contribution in [0.15, 0.2) is 28.1 Å². The first-order chi connectivity index (χ1) is 10.0. The molecule has 2 aromatic rings. The summed E-state index contributed by atoms with van der Waals surface area (Å²) < 4.78 is 28.8. The summed E-state index contributed by atoms with van der Waals surface area (Å²) in [6.07, 6.45) is 1.51. The fourth-order valence-corrected chi connectivity index (χ4v) is 3.78. The van der Waals surface area contributed by atoms with E-state index in [-0.39, 0.29) is 11.1 Å². The first-order valence-electron chi connectivity index (χ1n) is 6.62. The summed E-state index contributed by atoms with van der Waals surface area (Å²) >= 11 is 10.7. The molecule has 0 spiro atoms. The van der Waals surface area contributed by atoms with Gasteiger partial charge >= 0.3 is 0 Å². The quantitative estimate of drug-likeness (QED) is 0.617. The molecule has 6 heteroatoms. The van der Waals surface area contributed by atoms with Crippen LogP contribution in [0.5, 0.6) is 0 Å². The Morgan fingerprint density at radius 1 is 1.33 bits per heavy atom. The lowest BCUT2D eigenvalue weighted by molar-refractivity contribution is 0.492. The van der Waals surface area contributed by atoms with E-state index in [1.165, 1.54) is 6.07 Å². The zero-order valence-corrected chi connectivity index (χ0v) is 14.6.